The Balaban J connectivity index is 1.87. The van der Waals surface area contributed by atoms with Crippen molar-refractivity contribution in [3.63, 3.8) is 0 Å². The van der Waals surface area contributed by atoms with Crippen molar-refractivity contribution < 1.29 is 0 Å². The van der Waals surface area contributed by atoms with E-state index in [9.17, 15) is 0 Å². The van der Waals surface area contributed by atoms with E-state index in [2.05, 4.69) is 87.3 Å². The van der Waals surface area contributed by atoms with E-state index in [0.29, 0.717) is 0 Å². The smallest absolute Gasteiger partial charge is 0.0979 e. The lowest BCUT2D eigenvalue weighted by Gasteiger charge is -1.99. The Morgan fingerprint density at radius 1 is 0.905 bits per heavy atom. The van der Waals surface area contributed by atoms with E-state index < -0.39 is 0 Å². The Morgan fingerprint density at radius 2 is 1.48 bits per heavy atom. The average molecular weight is 423 g/mol. The first kappa shape index (κ1) is 14.9. The van der Waals surface area contributed by atoms with Gasteiger partial charge in [0.2, 0.25) is 0 Å². The summed E-state index contributed by atoms with van der Waals surface area (Å²) in [5.41, 5.74) is 3.56. The molecule has 1 aromatic heterocycles. The SMILES string of the molecule is Cc1sc(Cc2ccc(Br)cc2)nc1-c1ccc(Br)cc1. The Hall–Kier alpha value is -0.970. The molecule has 2 aromatic carbocycles. The van der Waals surface area contributed by atoms with Crippen molar-refractivity contribution in [3.05, 3.63) is 72.9 Å². The van der Waals surface area contributed by atoms with Crippen molar-refractivity contribution in [3.8, 4) is 11.3 Å². The van der Waals surface area contributed by atoms with Gasteiger partial charge < -0.3 is 0 Å². The summed E-state index contributed by atoms with van der Waals surface area (Å²) in [6.07, 6.45) is 0.884. The van der Waals surface area contributed by atoms with Crippen LogP contribution >= 0.6 is 43.2 Å². The number of thiazole rings is 1. The van der Waals surface area contributed by atoms with Crippen LogP contribution in [0.25, 0.3) is 11.3 Å². The van der Waals surface area contributed by atoms with Crippen molar-refractivity contribution in [1.82, 2.24) is 4.98 Å². The molecule has 0 fully saturated rings. The van der Waals surface area contributed by atoms with Crippen LogP contribution in [-0.4, -0.2) is 4.98 Å². The highest BCUT2D eigenvalue weighted by Gasteiger charge is 2.10. The number of benzene rings is 2. The molecule has 4 heteroatoms. The summed E-state index contributed by atoms with van der Waals surface area (Å²) in [6, 6.07) is 16.8. The molecule has 0 aliphatic rings. The Kier molecular flexibility index (Phi) is 4.57. The molecule has 3 rings (SSSR count). The molecule has 0 saturated carbocycles. The predicted molar refractivity (Wildman–Crippen MR) is 96.9 cm³/mol. The number of aryl methyl sites for hydroxylation is 1. The first-order chi connectivity index (χ1) is 10.1. The van der Waals surface area contributed by atoms with Crippen molar-refractivity contribution in [2.24, 2.45) is 0 Å². The molecule has 106 valence electrons. The lowest BCUT2D eigenvalue weighted by atomic mass is 10.1. The molecule has 0 aliphatic carbocycles. The van der Waals surface area contributed by atoms with Gasteiger partial charge in [0.15, 0.2) is 0 Å². The number of aromatic nitrogens is 1. The summed E-state index contributed by atoms with van der Waals surface area (Å²) in [7, 11) is 0. The maximum atomic E-state index is 4.82. The quantitative estimate of drug-likeness (QED) is 0.487. The zero-order valence-corrected chi connectivity index (χ0v) is 15.4. The van der Waals surface area contributed by atoms with Crippen molar-refractivity contribution in [2.45, 2.75) is 13.3 Å². The molecular formula is C17H13Br2NS. The molecule has 0 radical (unpaired) electrons. The van der Waals surface area contributed by atoms with Crippen LogP contribution in [0.2, 0.25) is 0 Å². The second kappa shape index (κ2) is 6.42. The van der Waals surface area contributed by atoms with Crippen molar-refractivity contribution in [2.75, 3.05) is 0 Å². The summed E-state index contributed by atoms with van der Waals surface area (Å²) in [5, 5.41) is 1.16. The lowest BCUT2D eigenvalue weighted by molar-refractivity contribution is 1.14. The minimum absolute atomic E-state index is 0.884. The Bertz CT molecular complexity index is 745. The first-order valence-corrected chi connectivity index (χ1v) is 8.99. The van der Waals surface area contributed by atoms with Crippen LogP contribution in [0, 0.1) is 6.92 Å². The van der Waals surface area contributed by atoms with E-state index in [0.717, 1.165) is 26.1 Å². The minimum atomic E-state index is 0.884. The summed E-state index contributed by atoms with van der Waals surface area (Å²) in [4.78, 5) is 6.09. The number of nitrogens with zero attached hydrogens (tertiary/aromatic N) is 1. The largest absolute Gasteiger partial charge is 0.241 e. The number of halogens is 2. The Labute approximate surface area is 145 Å². The van der Waals surface area contributed by atoms with Crippen LogP contribution in [0.5, 0.6) is 0 Å². The standard InChI is InChI=1S/C17H13Br2NS/c1-11-17(13-4-8-15(19)9-5-13)20-16(21-11)10-12-2-6-14(18)7-3-12/h2-9H,10H2,1H3. The first-order valence-electron chi connectivity index (χ1n) is 6.58. The van der Waals surface area contributed by atoms with E-state index in [-0.39, 0.29) is 0 Å². The normalized spacial score (nSPS) is 10.8. The van der Waals surface area contributed by atoms with Crippen molar-refractivity contribution >= 4 is 43.2 Å². The topological polar surface area (TPSA) is 12.9 Å². The van der Waals surface area contributed by atoms with Gasteiger partial charge in [-0.2, -0.15) is 0 Å². The summed E-state index contributed by atoms with van der Waals surface area (Å²) >= 11 is 8.71. The van der Waals surface area contributed by atoms with Crippen LogP contribution in [0.1, 0.15) is 15.4 Å². The Morgan fingerprint density at radius 3 is 2.10 bits per heavy atom. The van der Waals surface area contributed by atoms with Gasteiger partial charge in [-0.3, -0.25) is 0 Å². The van der Waals surface area contributed by atoms with E-state index in [1.165, 1.54) is 16.0 Å². The van der Waals surface area contributed by atoms with E-state index in [4.69, 9.17) is 4.98 Å². The molecule has 1 heterocycles. The maximum absolute atomic E-state index is 4.82. The third-order valence-corrected chi connectivity index (χ3v) is 5.26. The number of rotatable bonds is 3. The fourth-order valence-corrected chi connectivity index (χ4v) is 3.70. The molecule has 0 saturated heterocycles. The highest BCUT2D eigenvalue weighted by molar-refractivity contribution is 9.10. The van der Waals surface area contributed by atoms with Gasteiger partial charge in [0.05, 0.1) is 10.7 Å². The molecule has 0 aliphatic heterocycles. The molecule has 0 unspecified atom stereocenters. The summed E-state index contributed by atoms with van der Waals surface area (Å²) in [5.74, 6) is 0. The average Bonchev–Trinajstić information content (AvgIpc) is 2.83. The maximum Gasteiger partial charge on any atom is 0.0979 e. The van der Waals surface area contributed by atoms with Gasteiger partial charge >= 0.3 is 0 Å². The third kappa shape index (κ3) is 3.62. The van der Waals surface area contributed by atoms with Crippen LogP contribution in [-0.2, 0) is 6.42 Å². The van der Waals surface area contributed by atoms with Crippen molar-refractivity contribution in [1.29, 1.82) is 0 Å². The van der Waals surface area contributed by atoms with Gasteiger partial charge in [-0.25, -0.2) is 4.98 Å². The molecule has 0 bridgehead atoms. The molecule has 0 amide bonds. The minimum Gasteiger partial charge on any atom is -0.241 e. The van der Waals surface area contributed by atoms with Crippen LogP contribution < -0.4 is 0 Å². The molecular weight excluding hydrogens is 410 g/mol. The van der Waals surface area contributed by atoms with Crippen LogP contribution in [0.4, 0.5) is 0 Å². The van der Waals surface area contributed by atoms with Gasteiger partial charge in [0, 0.05) is 25.8 Å². The van der Waals surface area contributed by atoms with Gasteiger partial charge in [-0.1, -0.05) is 56.1 Å². The lowest BCUT2D eigenvalue weighted by Crippen LogP contribution is -1.87. The van der Waals surface area contributed by atoms with Gasteiger partial charge in [-0.15, -0.1) is 11.3 Å². The second-order valence-corrected chi connectivity index (χ2v) is 7.94. The van der Waals surface area contributed by atoms with Crippen LogP contribution in [0.3, 0.4) is 0 Å². The van der Waals surface area contributed by atoms with Gasteiger partial charge in [0.25, 0.3) is 0 Å². The highest BCUT2D eigenvalue weighted by Crippen LogP contribution is 2.29. The number of hydrogen-bond acceptors (Lipinski definition) is 2. The fraction of sp³-hybridized carbons (Fsp3) is 0.118. The molecule has 3 aromatic rings. The van der Waals surface area contributed by atoms with Gasteiger partial charge in [-0.05, 0) is 36.8 Å². The summed E-state index contributed by atoms with van der Waals surface area (Å²) < 4.78 is 2.20. The predicted octanol–water partition coefficient (Wildman–Crippen LogP) is 6.23. The molecule has 1 nitrogen and oxygen atoms in total. The van der Waals surface area contributed by atoms with Crippen LogP contribution in [0.15, 0.2) is 57.5 Å². The molecule has 0 N–H and O–H groups in total. The van der Waals surface area contributed by atoms with E-state index in [1.807, 2.05) is 0 Å². The number of hydrogen-bond donors (Lipinski definition) is 0. The zero-order valence-electron chi connectivity index (χ0n) is 11.4. The fourth-order valence-electron chi connectivity index (χ4n) is 2.18. The second-order valence-electron chi connectivity index (χ2n) is 4.82. The molecule has 21 heavy (non-hydrogen) atoms. The third-order valence-electron chi connectivity index (χ3n) is 3.23. The zero-order chi connectivity index (χ0) is 14.8. The molecule has 0 atom stereocenters. The van der Waals surface area contributed by atoms with Gasteiger partial charge in [0.1, 0.15) is 0 Å². The highest BCUT2D eigenvalue weighted by atomic mass is 79.9. The molecule has 0 spiro atoms. The monoisotopic (exact) mass is 421 g/mol. The summed E-state index contributed by atoms with van der Waals surface area (Å²) in [6.45, 7) is 2.14. The van der Waals surface area contributed by atoms with E-state index >= 15 is 0 Å². The van der Waals surface area contributed by atoms with E-state index in [1.54, 1.807) is 11.3 Å².